The second-order valence-corrected chi connectivity index (χ2v) is 16.4. The van der Waals surface area contributed by atoms with E-state index in [9.17, 15) is 0 Å². The lowest BCUT2D eigenvalue weighted by molar-refractivity contribution is 1.28. The Kier molecular flexibility index (Phi) is 9.11. The molecule has 11 rings (SSSR count). The standard InChI is InChI=1S/C58H39NS/c1-3-12-40(13-4-1)42-22-24-44(25-23-42)45-30-34-50(35-31-45)59(52-18-11-17-48(38-52)46-28-26-43(27-29-46)41-14-5-2-6-15-41)51-36-32-47(33-37-51)55-39-49-16-7-8-19-53(49)57-54-20-9-10-21-56(54)60-58(55)57/h1-39H. The van der Waals surface area contributed by atoms with E-state index < -0.39 is 0 Å². The lowest BCUT2D eigenvalue weighted by Gasteiger charge is -2.26. The van der Waals surface area contributed by atoms with Crippen LogP contribution in [0.3, 0.4) is 0 Å². The smallest absolute Gasteiger partial charge is 0.0467 e. The van der Waals surface area contributed by atoms with Gasteiger partial charge in [-0.2, -0.15) is 0 Å². The van der Waals surface area contributed by atoms with Crippen LogP contribution >= 0.6 is 11.3 Å². The van der Waals surface area contributed by atoms with Gasteiger partial charge in [-0.15, -0.1) is 11.3 Å². The van der Waals surface area contributed by atoms with Crippen LogP contribution in [0.4, 0.5) is 17.1 Å². The maximum absolute atomic E-state index is 2.38. The van der Waals surface area contributed by atoms with Crippen molar-refractivity contribution in [1.82, 2.24) is 0 Å². The van der Waals surface area contributed by atoms with Crippen LogP contribution in [0.5, 0.6) is 0 Å². The second-order valence-electron chi connectivity index (χ2n) is 15.3. The highest BCUT2D eigenvalue weighted by molar-refractivity contribution is 7.26. The first-order valence-corrected chi connectivity index (χ1v) is 21.3. The van der Waals surface area contributed by atoms with E-state index in [1.165, 1.54) is 86.6 Å². The van der Waals surface area contributed by atoms with E-state index in [4.69, 9.17) is 0 Å². The van der Waals surface area contributed by atoms with Gasteiger partial charge >= 0.3 is 0 Å². The molecule has 0 atom stereocenters. The van der Waals surface area contributed by atoms with Gasteiger partial charge in [0.05, 0.1) is 0 Å². The van der Waals surface area contributed by atoms with Crippen molar-refractivity contribution in [3.8, 4) is 55.6 Å². The molecule has 0 spiro atoms. The summed E-state index contributed by atoms with van der Waals surface area (Å²) in [6, 6.07) is 85.9. The Morgan fingerprint density at radius 1 is 0.283 bits per heavy atom. The molecule has 0 radical (unpaired) electrons. The average Bonchev–Trinajstić information content (AvgIpc) is 3.73. The van der Waals surface area contributed by atoms with Crippen LogP contribution in [0.15, 0.2) is 237 Å². The molecule has 10 aromatic carbocycles. The monoisotopic (exact) mass is 781 g/mol. The Hall–Kier alpha value is -7.52. The normalized spacial score (nSPS) is 11.3. The summed E-state index contributed by atoms with van der Waals surface area (Å²) in [6.07, 6.45) is 0. The maximum Gasteiger partial charge on any atom is 0.0467 e. The van der Waals surface area contributed by atoms with Crippen molar-refractivity contribution in [3.05, 3.63) is 237 Å². The number of fused-ring (bicyclic) bond motifs is 5. The Morgan fingerprint density at radius 2 is 0.717 bits per heavy atom. The molecule has 0 unspecified atom stereocenters. The predicted octanol–water partition coefficient (Wildman–Crippen LogP) is 17.0. The number of nitrogens with zero attached hydrogens (tertiary/aromatic N) is 1. The Bertz CT molecular complexity index is 3260. The van der Waals surface area contributed by atoms with E-state index >= 15 is 0 Å². The van der Waals surface area contributed by atoms with E-state index in [0.29, 0.717) is 0 Å². The fraction of sp³-hybridized carbons (Fsp3) is 0. The molecule has 0 saturated carbocycles. The molecule has 60 heavy (non-hydrogen) atoms. The summed E-state index contributed by atoms with van der Waals surface area (Å²) in [5.74, 6) is 0. The molecule has 0 N–H and O–H groups in total. The van der Waals surface area contributed by atoms with Crippen LogP contribution in [0.2, 0.25) is 0 Å². The first kappa shape index (κ1) is 35.6. The SMILES string of the molecule is c1ccc(-c2ccc(-c3ccc(N(c4ccc(-c5cc6ccccc6c6c5sc5ccccc56)cc4)c4cccc(-c5ccc(-c6ccccc6)cc5)c4)cc3)cc2)cc1. The molecule has 11 aromatic rings. The summed E-state index contributed by atoms with van der Waals surface area (Å²) < 4.78 is 2.65. The number of benzene rings is 10. The molecule has 1 heterocycles. The van der Waals surface area contributed by atoms with Gasteiger partial charge in [0.15, 0.2) is 0 Å². The molecule has 0 saturated heterocycles. The number of hydrogen-bond donors (Lipinski definition) is 0. The zero-order chi connectivity index (χ0) is 39.8. The van der Waals surface area contributed by atoms with Crippen molar-refractivity contribution in [2.75, 3.05) is 4.90 Å². The largest absolute Gasteiger partial charge is 0.310 e. The third-order valence-electron chi connectivity index (χ3n) is 11.7. The minimum atomic E-state index is 1.10. The molecule has 2 heteroatoms. The van der Waals surface area contributed by atoms with E-state index in [-0.39, 0.29) is 0 Å². The first-order valence-electron chi connectivity index (χ1n) is 20.5. The second kappa shape index (κ2) is 15.3. The third-order valence-corrected chi connectivity index (χ3v) is 12.9. The average molecular weight is 782 g/mol. The van der Waals surface area contributed by atoms with Gasteiger partial charge in [0.25, 0.3) is 0 Å². The van der Waals surface area contributed by atoms with Gasteiger partial charge in [0.2, 0.25) is 0 Å². The topological polar surface area (TPSA) is 3.24 Å². The summed E-state index contributed by atoms with van der Waals surface area (Å²) in [7, 11) is 0. The van der Waals surface area contributed by atoms with Gasteiger partial charge in [-0.05, 0) is 109 Å². The van der Waals surface area contributed by atoms with Crippen LogP contribution in [0.1, 0.15) is 0 Å². The van der Waals surface area contributed by atoms with E-state index in [1.54, 1.807) is 0 Å². The summed E-state index contributed by atoms with van der Waals surface area (Å²) in [4.78, 5) is 2.38. The number of hydrogen-bond acceptors (Lipinski definition) is 2. The molecule has 0 aliphatic heterocycles. The quantitative estimate of drug-likeness (QED) is 0.148. The van der Waals surface area contributed by atoms with Crippen LogP contribution in [-0.4, -0.2) is 0 Å². The lowest BCUT2D eigenvalue weighted by atomic mass is 9.96. The summed E-state index contributed by atoms with van der Waals surface area (Å²) >= 11 is 1.89. The number of anilines is 3. The molecular formula is C58H39NS. The van der Waals surface area contributed by atoms with Gasteiger partial charge in [-0.25, -0.2) is 0 Å². The van der Waals surface area contributed by atoms with Crippen molar-refractivity contribution in [3.63, 3.8) is 0 Å². The van der Waals surface area contributed by atoms with E-state index in [2.05, 4.69) is 241 Å². The molecule has 0 amide bonds. The van der Waals surface area contributed by atoms with Crippen molar-refractivity contribution in [2.45, 2.75) is 0 Å². The highest BCUT2D eigenvalue weighted by Crippen LogP contribution is 2.45. The summed E-state index contributed by atoms with van der Waals surface area (Å²) in [6.45, 7) is 0. The molecule has 282 valence electrons. The van der Waals surface area contributed by atoms with Crippen molar-refractivity contribution in [1.29, 1.82) is 0 Å². The molecule has 0 bridgehead atoms. The zero-order valence-electron chi connectivity index (χ0n) is 32.9. The van der Waals surface area contributed by atoms with Gasteiger partial charge in [0.1, 0.15) is 0 Å². The minimum Gasteiger partial charge on any atom is -0.310 e. The molecule has 1 nitrogen and oxygen atoms in total. The first-order chi connectivity index (χ1) is 29.7. The molecule has 1 aromatic heterocycles. The van der Waals surface area contributed by atoms with Gasteiger partial charge in [-0.1, -0.05) is 188 Å². The highest BCUT2D eigenvalue weighted by Gasteiger charge is 2.17. The zero-order valence-corrected chi connectivity index (χ0v) is 33.7. The van der Waals surface area contributed by atoms with Gasteiger partial charge < -0.3 is 4.90 Å². The van der Waals surface area contributed by atoms with Crippen LogP contribution < -0.4 is 4.90 Å². The third kappa shape index (κ3) is 6.63. The molecule has 0 aliphatic rings. The molecular weight excluding hydrogens is 743 g/mol. The fourth-order valence-corrected chi connectivity index (χ4v) is 9.88. The Labute approximate surface area is 354 Å². The predicted molar refractivity (Wildman–Crippen MR) is 259 cm³/mol. The van der Waals surface area contributed by atoms with Crippen molar-refractivity contribution < 1.29 is 0 Å². The maximum atomic E-state index is 2.38. The Morgan fingerprint density at radius 3 is 1.30 bits per heavy atom. The van der Waals surface area contributed by atoms with Crippen LogP contribution in [-0.2, 0) is 0 Å². The molecule has 0 aliphatic carbocycles. The summed E-state index contributed by atoms with van der Waals surface area (Å²) in [5.41, 5.74) is 15.4. The van der Waals surface area contributed by atoms with Crippen LogP contribution in [0.25, 0.3) is 86.6 Å². The van der Waals surface area contributed by atoms with Gasteiger partial charge in [0, 0.05) is 42.8 Å². The number of rotatable bonds is 8. The van der Waals surface area contributed by atoms with Crippen molar-refractivity contribution >= 4 is 59.3 Å². The fourth-order valence-electron chi connectivity index (χ4n) is 8.62. The van der Waals surface area contributed by atoms with E-state index in [1.807, 2.05) is 11.3 Å². The minimum absolute atomic E-state index is 1.10. The lowest BCUT2D eigenvalue weighted by Crippen LogP contribution is -2.10. The summed E-state index contributed by atoms with van der Waals surface area (Å²) in [5, 5.41) is 5.24. The molecule has 0 fully saturated rings. The highest BCUT2D eigenvalue weighted by atomic mass is 32.1. The van der Waals surface area contributed by atoms with E-state index in [0.717, 1.165) is 17.1 Å². The van der Waals surface area contributed by atoms with Crippen LogP contribution in [0, 0.1) is 0 Å². The van der Waals surface area contributed by atoms with Crippen molar-refractivity contribution in [2.24, 2.45) is 0 Å². The Balaban J connectivity index is 0.986. The van der Waals surface area contributed by atoms with Gasteiger partial charge in [-0.3, -0.25) is 0 Å². The number of thiophene rings is 1.